The Hall–Kier alpha value is -2.80. The monoisotopic (exact) mass is 378 g/mol. The molecule has 3 aromatic rings. The lowest BCUT2D eigenvalue weighted by atomic mass is 10.1. The van der Waals surface area contributed by atoms with Crippen LogP contribution in [0.5, 0.6) is 0 Å². The lowest BCUT2D eigenvalue weighted by Gasteiger charge is -2.15. The zero-order valence-corrected chi connectivity index (χ0v) is 16.4. The Labute approximate surface area is 164 Å². The molecule has 1 aliphatic heterocycles. The van der Waals surface area contributed by atoms with E-state index in [9.17, 15) is 4.79 Å². The maximum absolute atomic E-state index is 12.4. The van der Waals surface area contributed by atoms with Crippen LogP contribution in [0.2, 0.25) is 0 Å². The van der Waals surface area contributed by atoms with Crippen LogP contribution in [0.25, 0.3) is 5.65 Å². The lowest BCUT2D eigenvalue weighted by molar-refractivity contribution is 0.0948. The molecule has 7 heteroatoms. The van der Waals surface area contributed by atoms with Crippen molar-refractivity contribution in [1.29, 1.82) is 0 Å². The van der Waals surface area contributed by atoms with Crippen molar-refractivity contribution in [3.05, 3.63) is 59.8 Å². The Morgan fingerprint density at radius 1 is 1.29 bits per heavy atom. The van der Waals surface area contributed by atoms with E-state index in [2.05, 4.69) is 45.3 Å². The summed E-state index contributed by atoms with van der Waals surface area (Å²) in [7, 11) is 0. The van der Waals surface area contributed by atoms with Gasteiger partial charge < -0.3 is 5.32 Å². The molecule has 0 radical (unpaired) electrons. The molecule has 0 bridgehead atoms. The van der Waals surface area contributed by atoms with E-state index in [1.807, 2.05) is 35.0 Å². The first kappa shape index (κ1) is 18.6. The van der Waals surface area contributed by atoms with Crippen LogP contribution >= 0.6 is 0 Å². The second-order valence-electron chi connectivity index (χ2n) is 7.89. The van der Waals surface area contributed by atoms with Gasteiger partial charge in [-0.15, -0.1) is 10.2 Å². The first-order chi connectivity index (χ1) is 13.6. The first-order valence-electron chi connectivity index (χ1n) is 9.84. The first-order valence-corrected chi connectivity index (χ1v) is 9.84. The summed E-state index contributed by atoms with van der Waals surface area (Å²) in [6.07, 6.45) is 6.62. The summed E-state index contributed by atoms with van der Waals surface area (Å²) >= 11 is 0. The van der Waals surface area contributed by atoms with E-state index in [-0.39, 0.29) is 5.91 Å². The number of fused-ring (bicyclic) bond motifs is 1. The molecule has 1 N–H and O–H groups in total. The minimum Gasteiger partial charge on any atom is -0.352 e. The minimum atomic E-state index is -0.0557. The number of rotatable bonds is 6. The second kappa shape index (κ2) is 8.06. The van der Waals surface area contributed by atoms with Crippen LogP contribution in [-0.2, 0) is 6.54 Å². The summed E-state index contributed by atoms with van der Waals surface area (Å²) in [5.74, 6) is 1.60. The summed E-state index contributed by atoms with van der Waals surface area (Å²) in [5.41, 5.74) is 2.64. The van der Waals surface area contributed by atoms with Gasteiger partial charge in [0.05, 0.1) is 5.56 Å². The van der Waals surface area contributed by atoms with Crippen LogP contribution in [0.1, 0.15) is 47.9 Å². The van der Waals surface area contributed by atoms with Crippen molar-refractivity contribution in [3.8, 4) is 0 Å². The van der Waals surface area contributed by atoms with Gasteiger partial charge in [-0.25, -0.2) is 0 Å². The summed E-state index contributed by atoms with van der Waals surface area (Å²) in [6, 6.07) is 7.76. The number of amides is 1. The molecule has 1 unspecified atom stereocenters. The third-order valence-corrected chi connectivity index (χ3v) is 5.13. The highest BCUT2D eigenvalue weighted by Crippen LogP contribution is 2.27. The molecule has 0 spiro atoms. The molecule has 7 nitrogen and oxygen atoms in total. The maximum Gasteiger partial charge on any atom is 0.252 e. The molecule has 0 saturated carbocycles. The number of hydrogen-bond donors (Lipinski definition) is 1. The van der Waals surface area contributed by atoms with E-state index in [0.717, 1.165) is 37.5 Å². The number of nitrogens with one attached hydrogen (secondary N) is 1. The van der Waals surface area contributed by atoms with E-state index in [1.165, 1.54) is 5.56 Å². The third kappa shape index (κ3) is 4.04. The lowest BCUT2D eigenvalue weighted by Crippen LogP contribution is -2.27. The Bertz CT molecular complexity index is 952. The molecule has 1 amide bonds. The Balaban J connectivity index is 1.49. The topological polar surface area (TPSA) is 75.4 Å². The highest BCUT2D eigenvalue weighted by Gasteiger charge is 2.28. The number of hydrogen-bond acceptors (Lipinski definition) is 5. The number of carbonyl (C=O) groups excluding carboxylic acids is 1. The van der Waals surface area contributed by atoms with E-state index in [0.29, 0.717) is 23.9 Å². The molecule has 28 heavy (non-hydrogen) atoms. The predicted molar refractivity (Wildman–Crippen MR) is 107 cm³/mol. The highest BCUT2D eigenvalue weighted by molar-refractivity contribution is 5.94. The van der Waals surface area contributed by atoms with E-state index >= 15 is 0 Å². The standard InChI is InChI=1S/C21H26N6O/c1-15(2)10-23-21(28)18-5-6-19-24-25-20(27(19)14-18)17-7-9-26(13-17)12-16-4-3-8-22-11-16/h3-6,8,11,14-15,17H,7,9-10,12-13H2,1-2H3,(H,23,28). The van der Waals surface area contributed by atoms with Crippen molar-refractivity contribution in [2.75, 3.05) is 19.6 Å². The molecule has 146 valence electrons. The van der Waals surface area contributed by atoms with Gasteiger partial charge in [-0.05, 0) is 42.6 Å². The molecule has 3 aromatic heterocycles. The molecule has 1 aliphatic rings. The van der Waals surface area contributed by atoms with Gasteiger partial charge in [0, 0.05) is 44.1 Å². The number of carbonyl (C=O) groups is 1. The fourth-order valence-electron chi connectivity index (χ4n) is 3.66. The van der Waals surface area contributed by atoms with Gasteiger partial charge >= 0.3 is 0 Å². The summed E-state index contributed by atoms with van der Waals surface area (Å²) in [5, 5.41) is 11.7. The van der Waals surface area contributed by atoms with E-state index < -0.39 is 0 Å². The highest BCUT2D eigenvalue weighted by atomic mass is 16.1. The van der Waals surface area contributed by atoms with Gasteiger partial charge in [0.1, 0.15) is 5.82 Å². The molecule has 1 saturated heterocycles. The zero-order valence-electron chi connectivity index (χ0n) is 16.4. The van der Waals surface area contributed by atoms with Crippen molar-refractivity contribution < 1.29 is 4.79 Å². The second-order valence-corrected chi connectivity index (χ2v) is 7.89. The average Bonchev–Trinajstić information content (AvgIpc) is 3.33. The molecule has 0 aromatic carbocycles. The normalized spacial score (nSPS) is 17.5. The van der Waals surface area contributed by atoms with Crippen molar-refractivity contribution >= 4 is 11.6 Å². The average molecular weight is 378 g/mol. The number of pyridine rings is 2. The van der Waals surface area contributed by atoms with Gasteiger partial charge in [-0.1, -0.05) is 19.9 Å². The number of likely N-dealkylation sites (tertiary alicyclic amines) is 1. The Morgan fingerprint density at radius 3 is 2.96 bits per heavy atom. The van der Waals surface area contributed by atoms with E-state index in [4.69, 9.17) is 0 Å². The van der Waals surface area contributed by atoms with Crippen LogP contribution in [0.3, 0.4) is 0 Å². The van der Waals surface area contributed by atoms with Crippen molar-refractivity contribution in [2.24, 2.45) is 5.92 Å². The number of aromatic nitrogens is 4. The van der Waals surface area contributed by atoms with Crippen LogP contribution in [0, 0.1) is 5.92 Å². The molecule has 4 heterocycles. The summed E-state index contributed by atoms with van der Waals surface area (Å²) in [6.45, 7) is 7.67. The molecule has 1 fully saturated rings. The fourth-order valence-corrected chi connectivity index (χ4v) is 3.66. The van der Waals surface area contributed by atoms with Crippen LogP contribution in [0.4, 0.5) is 0 Å². The molecular weight excluding hydrogens is 352 g/mol. The molecule has 1 atom stereocenters. The van der Waals surface area contributed by atoms with Crippen molar-refractivity contribution in [2.45, 2.75) is 32.7 Å². The maximum atomic E-state index is 12.4. The van der Waals surface area contributed by atoms with Crippen molar-refractivity contribution in [1.82, 2.24) is 29.8 Å². The summed E-state index contributed by atoms with van der Waals surface area (Å²) in [4.78, 5) is 19.0. The Kier molecular flexibility index (Phi) is 5.34. The predicted octanol–water partition coefficient (Wildman–Crippen LogP) is 2.50. The van der Waals surface area contributed by atoms with Gasteiger partial charge in [0.25, 0.3) is 5.91 Å². The Morgan fingerprint density at radius 2 is 2.18 bits per heavy atom. The van der Waals surface area contributed by atoms with Crippen LogP contribution < -0.4 is 5.32 Å². The van der Waals surface area contributed by atoms with Gasteiger partial charge in [0.2, 0.25) is 0 Å². The van der Waals surface area contributed by atoms with Gasteiger partial charge in [0.15, 0.2) is 5.65 Å². The smallest absolute Gasteiger partial charge is 0.252 e. The van der Waals surface area contributed by atoms with E-state index in [1.54, 1.807) is 6.20 Å². The molecule has 4 rings (SSSR count). The third-order valence-electron chi connectivity index (χ3n) is 5.13. The SMILES string of the molecule is CC(C)CNC(=O)c1ccc2nnc(C3CCN(Cc4cccnc4)C3)n2c1. The minimum absolute atomic E-state index is 0.0557. The summed E-state index contributed by atoms with van der Waals surface area (Å²) < 4.78 is 1.97. The van der Waals surface area contributed by atoms with Crippen LogP contribution in [0.15, 0.2) is 42.9 Å². The number of nitrogens with zero attached hydrogens (tertiary/aromatic N) is 5. The zero-order chi connectivity index (χ0) is 19.5. The van der Waals surface area contributed by atoms with Gasteiger partial charge in [-0.3, -0.25) is 19.1 Å². The van der Waals surface area contributed by atoms with Crippen molar-refractivity contribution in [3.63, 3.8) is 0 Å². The molecular formula is C21H26N6O. The quantitative estimate of drug-likeness (QED) is 0.713. The fraction of sp³-hybridized carbons (Fsp3) is 0.429. The largest absolute Gasteiger partial charge is 0.352 e. The van der Waals surface area contributed by atoms with Crippen LogP contribution in [-0.4, -0.2) is 50.0 Å². The van der Waals surface area contributed by atoms with Gasteiger partial charge in [-0.2, -0.15) is 0 Å². The molecule has 0 aliphatic carbocycles.